The molecule has 0 atom stereocenters. The summed E-state index contributed by atoms with van der Waals surface area (Å²) >= 11 is 12.1. The molecule has 0 fully saturated rings. The van der Waals surface area contributed by atoms with Crippen molar-refractivity contribution in [3.05, 3.63) is 57.6 Å². The summed E-state index contributed by atoms with van der Waals surface area (Å²) in [5.74, 6) is 1.34. The molecule has 106 valence electrons. The highest BCUT2D eigenvalue weighted by atomic mass is 35.5. The number of methoxy groups -OCH3 is 2. The molecule has 0 amide bonds. The number of benzene rings is 2. The second-order valence-electron chi connectivity index (χ2n) is 4.25. The molecule has 20 heavy (non-hydrogen) atoms. The highest BCUT2D eigenvalue weighted by molar-refractivity contribution is 6.31. The van der Waals surface area contributed by atoms with Crippen LogP contribution in [0, 0.1) is 0 Å². The molecule has 5 heteroatoms. The van der Waals surface area contributed by atoms with Gasteiger partial charge >= 0.3 is 0 Å². The third-order valence-electron chi connectivity index (χ3n) is 3.05. The van der Waals surface area contributed by atoms with E-state index in [1.165, 1.54) is 0 Å². The van der Waals surface area contributed by atoms with Gasteiger partial charge in [-0.2, -0.15) is 0 Å². The first-order valence-corrected chi connectivity index (χ1v) is 6.75. The molecule has 3 nitrogen and oxygen atoms in total. The van der Waals surface area contributed by atoms with Crippen molar-refractivity contribution in [2.45, 2.75) is 6.04 Å². The van der Waals surface area contributed by atoms with Crippen molar-refractivity contribution in [3.8, 4) is 11.5 Å². The van der Waals surface area contributed by atoms with E-state index in [0.717, 1.165) is 11.1 Å². The topological polar surface area (TPSA) is 44.5 Å². The minimum Gasteiger partial charge on any atom is -0.496 e. The first-order valence-electron chi connectivity index (χ1n) is 5.99. The Kier molecular flexibility index (Phi) is 4.76. The first kappa shape index (κ1) is 15.0. The number of rotatable bonds is 4. The van der Waals surface area contributed by atoms with Crippen LogP contribution in [0.25, 0.3) is 0 Å². The second-order valence-corrected chi connectivity index (χ2v) is 5.12. The summed E-state index contributed by atoms with van der Waals surface area (Å²) in [7, 11) is 3.18. The monoisotopic (exact) mass is 311 g/mol. The van der Waals surface area contributed by atoms with Crippen molar-refractivity contribution in [2.24, 2.45) is 5.73 Å². The number of ether oxygens (including phenoxy) is 2. The maximum Gasteiger partial charge on any atom is 0.124 e. The number of halogens is 2. The average molecular weight is 312 g/mol. The lowest BCUT2D eigenvalue weighted by Gasteiger charge is -2.19. The van der Waals surface area contributed by atoms with E-state index in [0.29, 0.717) is 21.5 Å². The standard InChI is InChI=1S/C15H15Cl2NO2/c1-19-13-5-3-9(16)7-11(13)15(18)12-8-10(17)4-6-14(12)20-2/h3-8,15H,18H2,1-2H3. The smallest absolute Gasteiger partial charge is 0.124 e. The molecule has 0 saturated carbocycles. The van der Waals surface area contributed by atoms with Gasteiger partial charge in [0.1, 0.15) is 11.5 Å². The molecule has 2 N–H and O–H groups in total. The molecule has 0 aliphatic carbocycles. The average Bonchev–Trinajstić information content (AvgIpc) is 2.46. The summed E-state index contributed by atoms with van der Waals surface area (Å²) in [6.07, 6.45) is 0. The van der Waals surface area contributed by atoms with E-state index < -0.39 is 6.04 Å². The van der Waals surface area contributed by atoms with Gasteiger partial charge in [-0.05, 0) is 36.4 Å². The predicted molar refractivity (Wildman–Crippen MR) is 82.0 cm³/mol. The molecule has 0 saturated heterocycles. The Morgan fingerprint density at radius 3 is 1.60 bits per heavy atom. The Balaban J connectivity index is 2.53. The zero-order chi connectivity index (χ0) is 14.7. The van der Waals surface area contributed by atoms with E-state index in [-0.39, 0.29) is 0 Å². The van der Waals surface area contributed by atoms with E-state index in [9.17, 15) is 0 Å². The van der Waals surface area contributed by atoms with Gasteiger partial charge in [0.05, 0.1) is 20.3 Å². The van der Waals surface area contributed by atoms with Crippen LogP contribution >= 0.6 is 23.2 Å². The molecule has 0 aliphatic heterocycles. The molecule has 0 radical (unpaired) electrons. The summed E-state index contributed by atoms with van der Waals surface area (Å²) in [4.78, 5) is 0. The van der Waals surface area contributed by atoms with E-state index in [2.05, 4.69) is 0 Å². The van der Waals surface area contributed by atoms with E-state index in [1.807, 2.05) is 0 Å². The van der Waals surface area contributed by atoms with Gasteiger partial charge in [-0.1, -0.05) is 23.2 Å². The molecule has 0 bridgehead atoms. The lowest BCUT2D eigenvalue weighted by Crippen LogP contribution is -2.14. The van der Waals surface area contributed by atoms with Gasteiger partial charge in [0.25, 0.3) is 0 Å². The van der Waals surface area contributed by atoms with Crippen LogP contribution in [-0.4, -0.2) is 14.2 Å². The van der Waals surface area contributed by atoms with Gasteiger partial charge in [0.15, 0.2) is 0 Å². The molecule has 2 rings (SSSR count). The normalized spacial score (nSPS) is 10.7. The molecule has 0 spiro atoms. The fourth-order valence-corrected chi connectivity index (χ4v) is 2.43. The summed E-state index contributed by atoms with van der Waals surface area (Å²) in [6.45, 7) is 0. The molecule has 0 heterocycles. The van der Waals surface area contributed by atoms with E-state index >= 15 is 0 Å². The molecule has 2 aromatic rings. The number of hydrogen-bond donors (Lipinski definition) is 1. The third kappa shape index (κ3) is 3.01. The summed E-state index contributed by atoms with van der Waals surface area (Å²) in [6, 6.07) is 10.2. The van der Waals surface area contributed by atoms with E-state index in [1.54, 1.807) is 50.6 Å². The maximum absolute atomic E-state index is 6.33. The van der Waals surface area contributed by atoms with Crippen LogP contribution in [0.15, 0.2) is 36.4 Å². The number of hydrogen-bond acceptors (Lipinski definition) is 3. The van der Waals surface area contributed by atoms with Gasteiger partial charge in [-0.3, -0.25) is 0 Å². The van der Waals surface area contributed by atoms with Crippen molar-refractivity contribution < 1.29 is 9.47 Å². The SMILES string of the molecule is COc1ccc(Cl)cc1C(N)c1cc(Cl)ccc1OC. The minimum atomic E-state index is -0.447. The first-order chi connectivity index (χ1) is 9.56. The quantitative estimate of drug-likeness (QED) is 0.926. The molecule has 0 aliphatic rings. The fraction of sp³-hybridized carbons (Fsp3) is 0.200. The van der Waals surface area contributed by atoms with Gasteiger partial charge in [-0.15, -0.1) is 0 Å². The lowest BCUT2D eigenvalue weighted by atomic mass is 9.98. The molecular formula is C15H15Cl2NO2. The highest BCUT2D eigenvalue weighted by Crippen LogP contribution is 2.35. The third-order valence-corrected chi connectivity index (χ3v) is 3.52. The lowest BCUT2D eigenvalue weighted by molar-refractivity contribution is 0.400. The van der Waals surface area contributed by atoms with Crippen molar-refractivity contribution in [2.75, 3.05) is 14.2 Å². The molecule has 0 aromatic heterocycles. The summed E-state index contributed by atoms with van der Waals surface area (Å²) in [5, 5.41) is 1.19. The Labute approximate surface area is 128 Å². The molecule has 0 unspecified atom stereocenters. The van der Waals surface area contributed by atoms with Crippen molar-refractivity contribution in [1.29, 1.82) is 0 Å². The Hall–Kier alpha value is -1.42. The van der Waals surface area contributed by atoms with Crippen LogP contribution in [0.5, 0.6) is 11.5 Å². The van der Waals surface area contributed by atoms with Crippen molar-refractivity contribution in [1.82, 2.24) is 0 Å². The van der Waals surface area contributed by atoms with Gasteiger partial charge in [0.2, 0.25) is 0 Å². The predicted octanol–water partition coefficient (Wildman–Crippen LogP) is 4.06. The van der Waals surface area contributed by atoms with Crippen LogP contribution < -0.4 is 15.2 Å². The van der Waals surface area contributed by atoms with Gasteiger partial charge in [0, 0.05) is 21.2 Å². The van der Waals surface area contributed by atoms with Crippen LogP contribution in [-0.2, 0) is 0 Å². The number of nitrogens with two attached hydrogens (primary N) is 1. The fourth-order valence-electron chi connectivity index (χ4n) is 2.06. The molecule has 2 aromatic carbocycles. The van der Waals surface area contributed by atoms with Gasteiger partial charge < -0.3 is 15.2 Å². The minimum absolute atomic E-state index is 0.447. The van der Waals surface area contributed by atoms with Crippen LogP contribution in [0.3, 0.4) is 0 Å². The summed E-state index contributed by atoms with van der Waals surface area (Å²) < 4.78 is 10.7. The largest absolute Gasteiger partial charge is 0.496 e. The van der Waals surface area contributed by atoms with Crippen LogP contribution in [0.2, 0.25) is 10.0 Å². The second kappa shape index (κ2) is 6.35. The Morgan fingerprint density at radius 2 is 1.25 bits per heavy atom. The zero-order valence-corrected chi connectivity index (χ0v) is 12.7. The molecular weight excluding hydrogens is 297 g/mol. The summed E-state index contributed by atoms with van der Waals surface area (Å²) in [5.41, 5.74) is 7.89. The highest BCUT2D eigenvalue weighted by Gasteiger charge is 2.18. The van der Waals surface area contributed by atoms with E-state index in [4.69, 9.17) is 38.4 Å². The van der Waals surface area contributed by atoms with Crippen molar-refractivity contribution >= 4 is 23.2 Å². The van der Waals surface area contributed by atoms with Crippen molar-refractivity contribution in [3.63, 3.8) is 0 Å². The Morgan fingerprint density at radius 1 is 0.850 bits per heavy atom. The van der Waals surface area contributed by atoms with Gasteiger partial charge in [-0.25, -0.2) is 0 Å². The Bertz CT molecular complexity index is 563. The zero-order valence-electron chi connectivity index (χ0n) is 11.2. The maximum atomic E-state index is 6.33. The van der Waals surface area contributed by atoms with Crippen LogP contribution in [0.4, 0.5) is 0 Å². The van der Waals surface area contributed by atoms with Crippen LogP contribution in [0.1, 0.15) is 17.2 Å².